The maximum Gasteiger partial charge on any atom is 0.335 e. The predicted molar refractivity (Wildman–Crippen MR) is 85.9 cm³/mol. The molecule has 0 spiro atoms. The maximum absolute atomic E-state index is 11.8. The van der Waals surface area contributed by atoms with Crippen LogP contribution in [0, 0.1) is 0 Å². The van der Waals surface area contributed by atoms with Crippen LogP contribution in [0.4, 0.5) is 10.5 Å². The Kier molecular flexibility index (Phi) is 7.18. The second kappa shape index (κ2) is 8.63. The fraction of sp³-hybridized carbons (Fsp3) is 0.429. The van der Waals surface area contributed by atoms with Crippen molar-refractivity contribution < 1.29 is 14.7 Å². The van der Waals surface area contributed by atoms with Crippen LogP contribution in [-0.4, -0.2) is 48.2 Å². The number of aromatic carboxylic acids is 1. The number of halogens is 1. The Labute approximate surface area is 132 Å². The number of nitrogens with one attached hydrogen (secondary N) is 2. The van der Waals surface area contributed by atoms with Gasteiger partial charge in [-0.1, -0.05) is 29.8 Å². The fourth-order valence-electron chi connectivity index (χ4n) is 1.83. The van der Waals surface area contributed by atoms with Gasteiger partial charge in [-0.05, 0) is 31.3 Å². The second-order valence-corrected chi connectivity index (χ2v) is 5.36. The Bertz CT molecular complexity index is 504. The molecule has 0 saturated carbocycles. The zero-order valence-electron chi connectivity index (χ0n) is 12.1. The van der Waals surface area contributed by atoms with Crippen molar-refractivity contribution >= 4 is 33.6 Å². The molecule has 0 unspecified atom stereocenters. The highest BCUT2D eigenvalue weighted by molar-refractivity contribution is 9.10. The van der Waals surface area contributed by atoms with Gasteiger partial charge in [0.2, 0.25) is 0 Å². The van der Waals surface area contributed by atoms with E-state index in [0.717, 1.165) is 19.6 Å². The topological polar surface area (TPSA) is 81.7 Å². The quantitative estimate of drug-likeness (QED) is 0.700. The third-order valence-corrected chi connectivity index (χ3v) is 3.47. The van der Waals surface area contributed by atoms with Crippen molar-refractivity contribution in [1.82, 2.24) is 10.2 Å². The van der Waals surface area contributed by atoms with E-state index in [4.69, 9.17) is 5.11 Å². The summed E-state index contributed by atoms with van der Waals surface area (Å²) in [6.07, 6.45) is 0. The highest BCUT2D eigenvalue weighted by Gasteiger charge is 2.08. The van der Waals surface area contributed by atoms with Gasteiger partial charge in [0, 0.05) is 23.2 Å². The summed E-state index contributed by atoms with van der Waals surface area (Å²) in [5.74, 6) is -1.04. The number of hydrogen-bond acceptors (Lipinski definition) is 3. The molecule has 0 radical (unpaired) electrons. The van der Waals surface area contributed by atoms with E-state index in [1.807, 2.05) is 0 Å². The maximum atomic E-state index is 11.8. The minimum Gasteiger partial charge on any atom is -0.478 e. The lowest BCUT2D eigenvalue weighted by Crippen LogP contribution is -2.36. The normalized spacial score (nSPS) is 10.5. The number of carbonyl (C=O) groups excluding carboxylic acids is 1. The van der Waals surface area contributed by atoms with Crippen molar-refractivity contribution in [2.75, 3.05) is 31.5 Å². The van der Waals surface area contributed by atoms with E-state index in [9.17, 15) is 9.59 Å². The van der Waals surface area contributed by atoms with E-state index >= 15 is 0 Å². The van der Waals surface area contributed by atoms with Crippen molar-refractivity contribution in [2.45, 2.75) is 13.8 Å². The van der Waals surface area contributed by atoms with Gasteiger partial charge >= 0.3 is 12.0 Å². The van der Waals surface area contributed by atoms with Crippen LogP contribution in [0.2, 0.25) is 0 Å². The Morgan fingerprint density at radius 2 is 1.90 bits per heavy atom. The van der Waals surface area contributed by atoms with E-state index in [0.29, 0.717) is 16.7 Å². The van der Waals surface area contributed by atoms with Gasteiger partial charge in [0.05, 0.1) is 5.56 Å². The number of carbonyl (C=O) groups is 2. The smallest absolute Gasteiger partial charge is 0.335 e. The third kappa shape index (κ3) is 6.14. The molecule has 1 aromatic carbocycles. The number of amides is 2. The molecule has 6 nitrogen and oxygen atoms in total. The van der Waals surface area contributed by atoms with Crippen LogP contribution in [0.5, 0.6) is 0 Å². The molecule has 0 fully saturated rings. The molecule has 1 aromatic rings. The molecule has 0 aliphatic carbocycles. The van der Waals surface area contributed by atoms with Crippen LogP contribution >= 0.6 is 15.9 Å². The molecule has 0 saturated heterocycles. The highest BCUT2D eigenvalue weighted by atomic mass is 79.9. The highest BCUT2D eigenvalue weighted by Crippen LogP contribution is 2.19. The molecular formula is C14H20BrN3O3. The zero-order chi connectivity index (χ0) is 15.8. The minimum absolute atomic E-state index is 0.114. The summed E-state index contributed by atoms with van der Waals surface area (Å²) >= 11 is 3.22. The lowest BCUT2D eigenvalue weighted by atomic mass is 10.2. The Hall–Kier alpha value is -1.60. The molecule has 3 N–H and O–H groups in total. The van der Waals surface area contributed by atoms with Gasteiger partial charge in [-0.3, -0.25) is 0 Å². The second-order valence-electron chi connectivity index (χ2n) is 4.44. The van der Waals surface area contributed by atoms with E-state index in [2.05, 4.69) is 45.3 Å². The minimum atomic E-state index is -1.04. The monoisotopic (exact) mass is 357 g/mol. The summed E-state index contributed by atoms with van der Waals surface area (Å²) < 4.78 is 0.598. The molecule has 21 heavy (non-hydrogen) atoms. The molecule has 2 amide bonds. The molecular weight excluding hydrogens is 338 g/mol. The number of nitrogens with zero attached hydrogens (tertiary/aromatic N) is 1. The van der Waals surface area contributed by atoms with E-state index in [1.54, 1.807) is 6.07 Å². The molecule has 0 heterocycles. The molecule has 0 aliphatic heterocycles. The number of carboxylic acids is 1. The first-order valence-corrected chi connectivity index (χ1v) is 7.56. The summed E-state index contributed by atoms with van der Waals surface area (Å²) in [6, 6.07) is 4.19. The van der Waals surface area contributed by atoms with Crippen molar-refractivity contribution in [3.05, 3.63) is 28.2 Å². The van der Waals surface area contributed by atoms with E-state index in [-0.39, 0.29) is 11.6 Å². The molecule has 1 rings (SSSR count). The summed E-state index contributed by atoms with van der Waals surface area (Å²) in [6.45, 7) is 7.32. The number of likely N-dealkylation sites (N-methyl/N-ethyl adjacent to an activating group) is 1. The predicted octanol–water partition coefficient (Wildman–Crippen LogP) is 2.61. The summed E-state index contributed by atoms with van der Waals surface area (Å²) in [5.41, 5.74) is 0.546. The molecule has 116 valence electrons. The van der Waals surface area contributed by atoms with Crippen LogP contribution in [0.25, 0.3) is 0 Å². The largest absolute Gasteiger partial charge is 0.478 e. The number of anilines is 1. The molecule has 0 aromatic heterocycles. The van der Waals surface area contributed by atoms with E-state index < -0.39 is 5.97 Å². The number of hydrogen-bond donors (Lipinski definition) is 3. The summed E-state index contributed by atoms with van der Waals surface area (Å²) in [7, 11) is 0. The van der Waals surface area contributed by atoms with Gasteiger partial charge in [-0.2, -0.15) is 0 Å². The van der Waals surface area contributed by atoms with Gasteiger partial charge in [-0.25, -0.2) is 9.59 Å². The lowest BCUT2D eigenvalue weighted by molar-refractivity contribution is 0.0697. The Morgan fingerprint density at radius 3 is 2.48 bits per heavy atom. The molecule has 0 aliphatic rings. The van der Waals surface area contributed by atoms with Crippen molar-refractivity contribution in [2.24, 2.45) is 0 Å². The van der Waals surface area contributed by atoms with Gasteiger partial charge in [0.25, 0.3) is 0 Å². The lowest BCUT2D eigenvalue weighted by Gasteiger charge is -2.18. The molecule has 0 bridgehead atoms. The van der Waals surface area contributed by atoms with Crippen molar-refractivity contribution in [3.63, 3.8) is 0 Å². The average Bonchev–Trinajstić information content (AvgIpc) is 2.43. The first-order valence-electron chi connectivity index (χ1n) is 6.77. The van der Waals surface area contributed by atoms with Crippen molar-refractivity contribution in [3.8, 4) is 0 Å². The fourth-order valence-corrected chi connectivity index (χ4v) is 2.32. The van der Waals surface area contributed by atoms with Crippen LogP contribution < -0.4 is 10.6 Å². The van der Waals surface area contributed by atoms with E-state index in [1.165, 1.54) is 12.1 Å². The summed E-state index contributed by atoms with van der Waals surface area (Å²) in [4.78, 5) is 24.9. The number of carboxylic acid groups (broad SMARTS) is 1. The Balaban J connectivity index is 2.53. The first kappa shape index (κ1) is 17.5. The van der Waals surface area contributed by atoms with Crippen LogP contribution in [0.15, 0.2) is 22.7 Å². The number of rotatable bonds is 7. The molecule has 7 heteroatoms. The van der Waals surface area contributed by atoms with Gasteiger partial charge in [0.15, 0.2) is 0 Å². The zero-order valence-corrected chi connectivity index (χ0v) is 13.7. The third-order valence-electron chi connectivity index (χ3n) is 3.01. The van der Waals surface area contributed by atoms with Gasteiger partial charge in [-0.15, -0.1) is 0 Å². The van der Waals surface area contributed by atoms with Gasteiger partial charge < -0.3 is 20.6 Å². The van der Waals surface area contributed by atoms with Crippen LogP contribution in [-0.2, 0) is 0 Å². The molecule has 0 atom stereocenters. The number of urea groups is 1. The SMILES string of the molecule is CCN(CC)CCNC(=O)Nc1cc(Br)cc(C(=O)O)c1. The van der Waals surface area contributed by atoms with Crippen molar-refractivity contribution in [1.29, 1.82) is 0 Å². The van der Waals surface area contributed by atoms with Crippen LogP contribution in [0.3, 0.4) is 0 Å². The standard InChI is InChI=1S/C14H20BrN3O3/c1-3-18(4-2)6-5-16-14(21)17-12-8-10(13(19)20)7-11(15)9-12/h7-9H,3-6H2,1-2H3,(H,19,20)(H2,16,17,21). The van der Waals surface area contributed by atoms with Gasteiger partial charge in [0.1, 0.15) is 0 Å². The first-order chi connectivity index (χ1) is 9.96. The average molecular weight is 358 g/mol. The van der Waals surface area contributed by atoms with Crippen LogP contribution in [0.1, 0.15) is 24.2 Å². The summed E-state index contributed by atoms with van der Waals surface area (Å²) in [5, 5.41) is 14.3. The Morgan fingerprint density at radius 1 is 1.24 bits per heavy atom. The number of benzene rings is 1.